The first-order valence-electron chi connectivity index (χ1n) is 14.3. The first kappa shape index (κ1) is 29.5. The lowest BCUT2D eigenvalue weighted by atomic mass is 10.1. The lowest BCUT2D eigenvalue weighted by Gasteiger charge is -2.29. The van der Waals surface area contributed by atoms with Gasteiger partial charge < -0.3 is 9.73 Å². The van der Waals surface area contributed by atoms with Crippen molar-refractivity contribution in [1.82, 2.24) is 14.5 Å². The maximum absolute atomic E-state index is 12.8. The number of para-hydroxylation sites is 2. The number of fused-ring (bicyclic) bond motifs is 1. The van der Waals surface area contributed by atoms with E-state index in [4.69, 9.17) is 30.0 Å². The van der Waals surface area contributed by atoms with Crippen molar-refractivity contribution in [1.29, 1.82) is 0 Å². The minimum atomic E-state index is -2.95. The van der Waals surface area contributed by atoms with Crippen molar-refractivity contribution in [3.8, 4) is 17.3 Å². The molecule has 2 unspecified atom stereocenters. The molecular weight excluding hydrogens is 587 g/mol. The molecule has 2 aromatic heterocycles. The topological polar surface area (TPSA) is 112 Å². The fraction of sp³-hybridized carbons (Fsp3) is 0.281. The van der Waals surface area contributed by atoms with Gasteiger partial charge in [-0.15, -0.1) is 0 Å². The maximum Gasteiger partial charge on any atom is 0.414 e. The minimum Gasteiger partial charge on any atom is -0.427 e. The van der Waals surface area contributed by atoms with Gasteiger partial charge in [-0.1, -0.05) is 48.0 Å². The van der Waals surface area contributed by atoms with Crippen LogP contribution in [0.2, 0.25) is 5.02 Å². The molecule has 1 amide bonds. The molecular formula is C32H33ClN4O5P+. The molecule has 9 nitrogen and oxygen atoms in total. The summed E-state index contributed by atoms with van der Waals surface area (Å²) in [6.07, 6.45) is 4.05. The summed E-state index contributed by atoms with van der Waals surface area (Å²) in [5.74, 6) is 0.582. The molecule has 222 valence electrons. The van der Waals surface area contributed by atoms with Crippen LogP contribution in [0.15, 0.2) is 83.5 Å². The summed E-state index contributed by atoms with van der Waals surface area (Å²) in [5.41, 5.74) is 4.89. The standard InChI is InChI=1S/C32H32ClN4O5P/c1-21-18-22(2)42-43(39,41-21)19-23-10-16-26(17-11-23)35-30(38)9-5-8-29-31(24-12-14-25(33)15-13-24)36-32(40-29)37-20-34-27-6-3-4-7-28(27)37/h3-4,6-7,10-17,20-22,39H,5,8-9,18-19H2,1-2H3/p+1. The third-order valence-corrected chi connectivity index (χ3v) is 9.64. The number of nitrogens with zero attached hydrogens (tertiary/aromatic N) is 3. The van der Waals surface area contributed by atoms with E-state index in [1.807, 2.05) is 91.2 Å². The van der Waals surface area contributed by atoms with Crippen molar-refractivity contribution in [3.05, 3.63) is 95.5 Å². The number of aryl methyl sites for hydroxylation is 1. The molecule has 1 fully saturated rings. The summed E-state index contributed by atoms with van der Waals surface area (Å²) in [6.45, 7) is 3.90. The van der Waals surface area contributed by atoms with Crippen LogP contribution in [0.4, 0.5) is 5.69 Å². The zero-order valence-electron chi connectivity index (χ0n) is 23.9. The summed E-state index contributed by atoms with van der Waals surface area (Å²) in [4.78, 5) is 32.9. The first-order chi connectivity index (χ1) is 20.7. The van der Waals surface area contributed by atoms with Crippen molar-refractivity contribution in [2.75, 3.05) is 5.32 Å². The van der Waals surface area contributed by atoms with Crippen LogP contribution in [0.25, 0.3) is 28.3 Å². The molecule has 0 saturated carbocycles. The van der Waals surface area contributed by atoms with Gasteiger partial charge in [0, 0.05) is 35.5 Å². The van der Waals surface area contributed by atoms with Crippen molar-refractivity contribution < 1.29 is 23.2 Å². The van der Waals surface area contributed by atoms with Gasteiger partial charge >= 0.3 is 14.0 Å². The zero-order valence-corrected chi connectivity index (χ0v) is 25.6. The largest absolute Gasteiger partial charge is 0.427 e. The summed E-state index contributed by atoms with van der Waals surface area (Å²) in [5, 5.41) is 3.59. The Kier molecular flexibility index (Phi) is 8.61. The molecule has 1 saturated heterocycles. The number of hydrogen-bond acceptors (Lipinski definition) is 7. The molecule has 2 atom stereocenters. The fourth-order valence-electron chi connectivity index (χ4n) is 5.33. The quantitative estimate of drug-likeness (QED) is 0.162. The Hall–Kier alpha value is -3.59. The second-order valence-corrected chi connectivity index (χ2v) is 13.3. The van der Waals surface area contributed by atoms with Gasteiger partial charge in [-0.25, -0.2) is 4.98 Å². The van der Waals surface area contributed by atoms with Crippen LogP contribution < -0.4 is 5.32 Å². The number of benzene rings is 3. The highest BCUT2D eigenvalue weighted by Crippen LogP contribution is 2.64. The predicted molar refractivity (Wildman–Crippen MR) is 168 cm³/mol. The van der Waals surface area contributed by atoms with Gasteiger partial charge in [-0.05, 0) is 62.2 Å². The summed E-state index contributed by atoms with van der Waals surface area (Å²) in [7, 11) is -2.95. The molecule has 3 heterocycles. The van der Waals surface area contributed by atoms with Crippen molar-refractivity contribution >= 4 is 42.2 Å². The molecule has 43 heavy (non-hydrogen) atoms. The summed E-state index contributed by atoms with van der Waals surface area (Å²) in [6, 6.07) is 23.1. The van der Waals surface area contributed by atoms with Crippen LogP contribution in [0, 0.1) is 0 Å². The van der Waals surface area contributed by atoms with Crippen molar-refractivity contribution in [2.45, 2.75) is 57.9 Å². The number of anilines is 1. The number of halogens is 1. The predicted octanol–water partition coefficient (Wildman–Crippen LogP) is 7.76. The van der Waals surface area contributed by atoms with Crippen LogP contribution >= 0.6 is 19.5 Å². The second-order valence-electron chi connectivity index (χ2n) is 10.8. The molecule has 11 heteroatoms. The normalized spacial score (nSPS) is 20.4. The molecule has 3 aromatic carbocycles. The molecule has 2 N–H and O–H groups in total. The van der Waals surface area contributed by atoms with Gasteiger partial charge in [0.05, 0.1) is 11.0 Å². The van der Waals surface area contributed by atoms with Crippen LogP contribution in [0.1, 0.15) is 44.4 Å². The van der Waals surface area contributed by atoms with Gasteiger partial charge in [0.2, 0.25) is 5.91 Å². The lowest BCUT2D eigenvalue weighted by Crippen LogP contribution is -2.27. The van der Waals surface area contributed by atoms with E-state index in [0.29, 0.717) is 53.6 Å². The number of oxazole rings is 1. The average molecular weight is 620 g/mol. The Morgan fingerprint density at radius 1 is 1.05 bits per heavy atom. The van der Waals surface area contributed by atoms with E-state index in [2.05, 4.69) is 10.3 Å². The Balaban J connectivity index is 1.10. The SMILES string of the molecule is CC1CC(C)O[P+](O)(Cc2ccc(NC(=O)CCCc3oc(-n4cnc5ccccc54)nc3-c3ccc(Cl)cc3)cc2)O1. The maximum atomic E-state index is 12.8. The summed E-state index contributed by atoms with van der Waals surface area (Å²) >= 11 is 6.12. The Morgan fingerprint density at radius 2 is 1.77 bits per heavy atom. The number of imidazole rings is 1. The monoisotopic (exact) mass is 619 g/mol. The van der Waals surface area contributed by atoms with Gasteiger partial charge in [0.1, 0.15) is 30.0 Å². The molecule has 0 spiro atoms. The number of rotatable bonds is 9. The van der Waals surface area contributed by atoms with Crippen LogP contribution in [-0.2, 0) is 26.4 Å². The van der Waals surface area contributed by atoms with Crippen LogP contribution in [0.5, 0.6) is 0 Å². The average Bonchev–Trinajstić information content (AvgIpc) is 3.58. The molecule has 0 aliphatic carbocycles. The third-order valence-electron chi connectivity index (χ3n) is 7.24. The van der Waals surface area contributed by atoms with Crippen molar-refractivity contribution in [2.24, 2.45) is 0 Å². The van der Waals surface area contributed by atoms with E-state index in [1.165, 1.54) is 0 Å². The van der Waals surface area contributed by atoms with Gasteiger partial charge in [-0.3, -0.25) is 9.36 Å². The minimum absolute atomic E-state index is 0.0442. The Bertz CT molecular complexity index is 1710. The van der Waals surface area contributed by atoms with E-state index < -0.39 is 7.94 Å². The van der Waals surface area contributed by atoms with E-state index in [1.54, 1.807) is 6.33 Å². The third kappa shape index (κ3) is 6.98. The second kappa shape index (κ2) is 12.6. The van der Waals surface area contributed by atoms with Gasteiger partial charge in [-0.2, -0.15) is 18.9 Å². The highest BCUT2D eigenvalue weighted by Gasteiger charge is 2.48. The molecule has 6 rings (SSSR count). The van der Waals surface area contributed by atoms with Crippen molar-refractivity contribution in [3.63, 3.8) is 0 Å². The highest BCUT2D eigenvalue weighted by atomic mass is 35.5. The Labute approximate surface area is 255 Å². The molecule has 0 bridgehead atoms. The van der Waals surface area contributed by atoms with E-state index >= 15 is 0 Å². The number of nitrogens with one attached hydrogen (secondary N) is 1. The highest BCUT2D eigenvalue weighted by molar-refractivity contribution is 7.59. The summed E-state index contributed by atoms with van der Waals surface area (Å²) < 4.78 is 19.6. The van der Waals surface area contributed by atoms with Gasteiger partial charge in [0.15, 0.2) is 6.16 Å². The van der Waals surface area contributed by atoms with E-state index in [0.717, 1.165) is 28.6 Å². The number of carbonyl (C=O) groups excluding carboxylic acids is 1. The number of amides is 1. The zero-order chi connectivity index (χ0) is 30.0. The van der Waals surface area contributed by atoms with E-state index in [-0.39, 0.29) is 18.1 Å². The molecule has 5 aromatic rings. The lowest BCUT2D eigenvalue weighted by molar-refractivity contribution is -0.116. The fourth-order valence-corrected chi connectivity index (χ4v) is 7.62. The Morgan fingerprint density at radius 3 is 2.51 bits per heavy atom. The number of hydrogen-bond donors (Lipinski definition) is 2. The molecule has 0 radical (unpaired) electrons. The van der Waals surface area contributed by atoms with Gasteiger partial charge in [0.25, 0.3) is 0 Å². The molecule has 1 aliphatic heterocycles. The number of aromatic nitrogens is 3. The van der Waals surface area contributed by atoms with E-state index in [9.17, 15) is 9.69 Å². The smallest absolute Gasteiger partial charge is 0.414 e. The first-order valence-corrected chi connectivity index (χ1v) is 16.4. The van der Waals surface area contributed by atoms with Crippen LogP contribution in [-0.4, -0.2) is 37.5 Å². The van der Waals surface area contributed by atoms with Crippen LogP contribution in [0.3, 0.4) is 0 Å². The number of carbonyl (C=O) groups is 1. The molecule has 1 aliphatic rings.